The summed E-state index contributed by atoms with van der Waals surface area (Å²) in [5.41, 5.74) is 1.04. The number of hydrogen-bond acceptors (Lipinski definition) is 4. The normalized spacial score (nSPS) is 10.9. The molecule has 1 aromatic heterocycles. The molecule has 18 heavy (non-hydrogen) atoms. The van der Waals surface area contributed by atoms with Crippen molar-refractivity contribution in [3.63, 3.8) is 0 Å². The molecule has 1 aromatic rings. The Morgan fingerprint density at radius 1 is 1.22 bits per heavy atom. The van der Waals surface area contributed by atoms with Crippen LogP contribution in [0.2, 0.25) is 0 Å². The molecule has 1 heterocycles. The van der Waals surface area contributed by atoms with Crippen LogP contribution in [0.5, 0.6) is 0 Å². The van der Waals surface area contributed by atoms with Crippen molar-refractivity contribution in [1.82, 2.24) is 9.97 Å². The molecule has 0 fully saturated rings. The Kier molecular flexibility index (Phi) is 7.09. The van der Waals surface area contributed by atoms with Gasteiger partial charge in [0.15, 0.2) is 0 Å². The molecule has 0 aliphatic heterocycles. The fraction of sp³-hybridized carbons (Fsp3) is 0.714. The zero-order chi connectivity index (χ0) is 13.4. The van der Waals surface area contributed by atoms with E-state index in [0.29, 0.717) is 5.92 Å². The molecule has 102 valence electrons. The molecule has 0 saturated carbocycles. The van der Waals surface area contributed by atoms with E-state index in [-0.39, 0.29) is 0 Å². The first-order valence-electron chi connectivity index (χ1n) is 6.72. The van der Waals surface area contributed by atoms with Gasteiger partial charge in [0, 0.05) is 24.2 Å². The van der Waals surface area contributed by atoms with Crippen LogP contribution in [0.3, 0.4) is 0 Å². The van der Waals surface area contributed by atoms with Crippen LogP contribution in [0.15, 0.2) is 6.07 Å². The quantitative estimate of drug-likeness (QED) is 0.726. The highest BCUT2D eigenvalue weighted by atomic mass is 32.2. The molecule has 3 nitrogen and oxygen atoms in total. The first kappa shape index (κ1) is 15.3. The van der Waals surface area contributed by atoms with Gasteiger partial charge in [-0.05, 0) is 31.8 Å². The maximum absolute atomic E-state index is 4.54. The highest BCUT2D eigenvalue weighted by Gasteiger charge is 2.05. The Bertz CT molecular complexity index is 353. The fourth-order valence-corrected chi connectivity index (χ4v) is 2.20. The van der Waals surface area contributed by atoms with E-state index < -0.39 is 0 Å². The van der Waals surface area contributed by atoms with Gasteiger partial charge in [-0.1, -0.05) is 20.3 Å². The minimum atomic E-state index is 0.382. The van der Waals surface area contributed by atoms with Gasteiger partial charge in [-0.15, -0.1) is 0 Å². The summed E-state index contributed by atoms with van der Waals surface area (Å²) in [4.78, 5) is 8.99. The van der Waals surface area contributed by atoms with Gasteiger partial charge < -0.3 is 5.32 Å². The number of thioether (sulfide) groups is 1. The lowest BCUT2D eigenvalue weighted by Gasteiger charge is -2.10. The molecule has 0 radical (unpaired) electrons. The van der Waals surface area contributed by atoms with Crippen LogP contribution in [0.4, 0.5) is 5.82 Å². The minimum absolute atomic E-state index is 0.382. The topological polar surface area (TPSA) is 37.8 Å². The Labute approximate surface area is 115 Å². The van der Waals surface area contributed by atoms with E-state index in [0.717, 1.165) is 23.9 Å². The maximum Gasteiger partial charge on any atom is 0.133 e. The van der Waals surface area contributed by atoms with Crippen LogP contribution in [0.1, 0.15) is 50.5 Å². The third-order valence-corrected chi connectivity index (χ3v) is 3.42. The van der Waals surface area contributed by atoms with Crippen LogP contribution in [-0.2, 0) is 0 Å². The minimum Gasteiger partial charge on any atom is -0.370 e. The van der Waals surface area contributed by atoms with E-state index in [1.165, 1.54) is 25.0 Å². The molecule has 1 N–H and O–H groups in total. The first-order valence-corrected chi connectivity index (χ1v) is 8.11. The van der Waals surface area contributed by atoms with Crippen molar-refractivity contribution in [1.29, 1.82) is 0 Å². The van der Waals surface area contributed by atoms with E-state index in [1.807, 2.05) is 24.8 Å². The Hall–Kier alpha value is -0.770. The van der Waals surface area contributed by atoms with Crippen molar-refractivity contribution in [2.75, 3.05) is 23.9 Å². The molecule has 4 heteroatoms. The molecule has 0 atom stereocenters. The largest absolute Gasteiger partial charge is 0.370 e. The summed E-state index contributed by atoms with van der Waals surface area (Å²) in [7, 11) is 0. The zero-order valence-electron chi connectivity index (χ0n) is 12.0. The molecule has 0 bridgehead atoms. The van der Waals surface area contributed by atoms with Crippen LogP contribution in [0.25, 0.3) is 0 Å². The summed E-state index contributed by atoms with van der Waals surface area (Å²) in [6, 6.07) is 2.02. The van der Waals surface area contributed by atoms with E-state index in [2.05, 4.69) is 35.4 Å². The predicted molar refractivity (Wildman–Crippen MR) is 81.6 cm³/mol. The average Bonchev–Trinajstić information content (AvgIpc) is 2.33. The van der Waals surface area contributed by atoms with Crippen LogP contribution in [-0.4, -0.2) is 28.5 Å². The Balaban J connectivity index is 2.37. The van der Waals surface area contributed by atoms with Crippen molar-refractivity contribution in [2.45, 2.75) is 46.0 Å². The lowest BCUT2D eigenvalue weighted by Crippen LogP contribution is -2.07. The monoisotopic (exact) mass is 267 g/mol. The second-order valence-corrected chi connectivity index (χ2v) is 5.87. The fourth-order valence-electron chi connectivity index (χ4n) is 1.70. The number of aromatic nitrogens is 2. The number of unbranched alkanes of at least 4 members (excludes halogenated alkanes) is 2. The number of rotatable bonds is 8. The Morgan fingerprint density at radius 2 is 2.00 bits per heavy atom. The summed E-state index contributed by atoms with van der Waals surface area (Å²) in [6.45, 7) is 7.28. The van der Waals surface area contributed by atoms with Crippen LogP contribution in [0, 0.1) is 6.92 Å². The molecule has 0 aromatic carbocycles. The van der Waals surface area contributed by atoms with Gasteiger partial charge >= 0.3 is 0 Å². The second kappa shape index (κ2) is 8.35. The van der Waals surface area contributed by atoms with Gasteiger partial charge in [0.2, 0.25) is 0 Å². The second-order valence-electron chi connectivity index (χ2n) is 4.89. The lowest BCUT2D eigenvalue weighted by molar-refractivity contribution is 0.740. The molecule has 0 aliphatic rings. The summed E-state index contributed by atoms with van der Waals surface area (Å²) in [5.74, 6) is 3.55. The highest BCUT2D eigenvalue weighted by molar-refractivity contribution is 7.98. The lowest BCUT2D eigenvalue weighted by atomic mass is 10.2. The molecule has 0 unspecified atom stereocenters. The molecule has 1 rings (SSSR count). The molecule has 0 aliphatic carbocycles. The van der Waals surface area contributed by atoms with Gasteiger partial charge in [0.25, 0.3) is 0 Å². The maximum atomic E-state index is 4.54. The summed E-state index contributed by atoms with van der Waals surface area (Å²) >= 11 is 1.92. The molecule has 0 spiro atoms. The third kappa shape index (κ3) is 5.71. The highest BCUT2D eigenvalue weighted by Crippen LogP contribution is 2.13. The van der Waals surface area contributed by atoms with Crippen molar-refractivity contribution >= 4 is 17.6 Å². The average molecular weight is 267 g/mol. The number of nitrogens with one attached hydrogen (secondary N) is 1. The van der Waals surface area contributed by atoms with Crippen LogP contribution >= 0.6 is 11.8 Å². The van der Waals surface area contributed by atoms with Crippen LogP contribution < -0.4 is 5.32 Å². The number of hydrogen-bond donors (Lipinski definition) is 1. The van der Waals surface area contributed by atoms with Crippen molar-refractivity contribution in [3.05, 3.63) is 17.6 Å². The summed E-state index contributed by atoms with van der Waals surface area (Å²) in [6.07, 6.45) is 5.97. The molecular weight excluding hydrogens is 242 g/mol. The number of anilines is 1. The van der Waals surface area contributed by atoms with E-state index in [1.54, 1.807) is 0 Å². The SMILES string of the molecule is CSCCCCCNc1cc(C)nc(C(C)C)n1. The first-order chi connectivity index (χ1) is 8.63. The zero-order valence-corrected chi connectivity index (χ0v) is 12.8. The number of aryl methyl sites for hydroxylation is 1. The van der Waals surface area contributed by atoms with E-state index in [9.17, 15) is 0 Å². The van der Waals surface area contributed by atoms with E-state index >= 15 is 0 Å². The van der Waals surface area contributed by atoms with Crippen molar-refractivity contribution in [3.8, 4) is 0 Å². The van der Waals surface area contributed by atoms with Gasteiger partial charge in [-0.3, -0.25) is 0 Å². The smallest absolute Gasteiger partial charge is 0.133 e. The van der Waals surface area contributed by atoms with Gasteiger partial charge in [0.05, 0.1) is 0 Å². The predicted octanol–water partition coefficient (Wildman–Crippen LogP) is 3.85. The number of nitrogens with zero attached hydrogens (tertiary/aromatic N) is 2. The molecule has 0 amide bonds. The van der Waals surface area contributed by atoms with Gasteiger partial charge in [-0.2, -0.15) is 11.8 Å². The van der Waals surface area contributed by atoms with Gasteiger partial charge in [0.1, 0.15) is 11.6 Å². The third-order valence-electron chi connectivity index (χ3n) is 2.72. The summed E-state index contributed by atoms with van der Waals surface area (Å²) < 4.78 is 0. The van der Waals surface area contributed by atoms with Gasteiger partial charge in [-0.25, -0.2) is 9.97 Å². The van der Waals surface area contributed by atoms with Crippen molar-refractivity contribution < 1.29 is 0 Å². The van der Waals surface area contributed by atoms with Crippen molar-refractivity contribution in [2.24, 2.45) is 0 Å². The van der Waals surface area contributed by atoms with E-state index in [4.69, 9.17) is 0 Å². The molecular formula is C14H25N3S. The summed E-state index contributed by atoms with van der Waals surface area (Å²) in [5, 5.41) is 3.40. The standard InChI is InChI=1S/C14H25N3S/c1-11(2)14-16-12(3)10-13(17-14)15-8-6-5-7-9-18-4/h10-11H,5-9H2,1-4H3,(H,15,16,17). The molecule has 0 saturated heterocycles. The Morgan fingerprint density at radius 3 is 2.67 bits per heavy atom.